The highest BCUT2D eigenvalue weighted by atomic mass is 32.2. The molecule has 4 nitrogen and oxygen atoms in total. The molecular weight excluding hydrogens is 198 g/mol. The van der Waals surface area contributed by atoms with Gasteiger partial charge in [-0.1, -0.05) is 0 Å². The average Bonchev–Trinajstić information content (AvgIpc) is 2.70. The Morgan fingerprint density at radius 2 is 2.29 bits per heavy atom. The van der Waals surface area contributed by atoms with E-state index >= 15 is 0 Å². The van der Waals surface area contributed by atoms with Crippen molar-refractivity contribution in [3.8, 4) is 0 Å². The maximum Gasteiger partial charge on any atom is 0.148 e. The molecule has 0 radical (unpaired) electrons. The van der Waals surface area contributed by atoms with Crippen molar-refractivity contribution in [1.82, 2.24) is 15.3 Å². The van der Waals surface area contributed by atoms with Gasteiger partial charge in [-0.2, -0.15) is 0 Å². The molecule has 2 heterocycles. The van der Waals surface area contributed by atoms with E-state index in [1.165, 1.54) is 0 Å². The van der Waals surface area contributed by atoms with Crippen molar-refractivity contribution in [1.29, 1.82) is 0 Å². The molecule has 1 aliphatic heterocycles. The number of nitrogens with one attached hydrogen (secondary N) is 1. The minimum Gasteiger partial charge on any atom is -0.315 e. The van der Waals surface area contributed by atoms with Crippen molar-refractivity contribution in [3.05, 3.63) is 18.1 Å². The van der Waals surface area contributed by atoms with Crippen molar-refractivity contribution in [2.45, 2.75) is 23.6 Å². The van der Waals surface area contributed by atoms with Crippen LogP contribution in [0.15, 0.2) is 17.4 Å². The normalized spacial score (nSPS) is 23.6. The maximum absolute atomic E-state index is 12.0. The van der Waals surface area contributed by atoms with E-state index in [1.54, 1.807) is 12.4 Å². The number of hydrogen-bond acceptors (Lipinski definition) is 4. The topological polar surface area (TPSA) is 54.9 Å². The number of hydrogen-bond donors (Lipinski definition) is 1. The van der Waals surface area contributed by atoms with Gasteiger partial charge in [0, 0.05) is 18.9 Å². The first-order chi connectivity index (χ1) is 6.79. The molecule has 2 atom stereocenters. The molecule has 0 aromatic carbocycles. The third-order valence-corrected chi connectivity index (χ3v) is 4.13. The lowest BCUT2D eigenvalue weighted by Gasteiger charge is -2.08. The summed E-state index contributed by atoms with van der Waals surface area (Å²) < 4.78 is 12.0. The van der Waals surface area contributed by atoms with E-state index < -0.39 is 10.8 Å². The maximum atomic E-state index is 12.0. The second-order valence-electron chi connectivity index (χ2n) is 3.36. The van der Waals surface area contributed by atoms with Crippen LogP contribution in [0, 0.1) is 6.92 Å². The minimum atomic E-state index is -1.01. The zero-order chi connectivity index (χ0) is 9.97. The molecule has 2 rings (SSSR count). The predicted octanol–water partition coefficient (Wildman–Crippen LogP) is 0.255. The van der Waals surface area contributed by atoms with Crippen molar-refractivity contribution in [3.63, 3.8) is 0 Å². The number of aryl methyl sites for hydroxylation is 1. The zero-order valence-electron chi connectivity index (χ0n) is 8.06. The lowest BCUT2D eigenvalue weighted by molar-refractivity contribution is 0.667. The standard InChI is InChI=1S/C9H13N3OS/c1-7-9(12-5-4-11-7)14(13)8-2-3-10-6-8/h4-5,8,10H,2-3,6H2,1H3/t8-,14-/m1/s1. The molecule has 0 bridgehead atoms. The first kappa shape index (κ1) is 9.73. The smallest absolute Gasteiger partial charge is 0.148 e. The Balaban J connectivity index is 2.22. The molecule has 0 saturated carbocycles. The van der Waals surface area contributed by atoms with Crippen molar-refractivity contribution < 1.29 is 4.21 Å². The van der Waals surface area contributed by atoms with Crippen LogP contribution in [0.4, 0.5) is 0 Å². The summed E-state index contributed by atoms with van der Waals surface area (Å²) >= 11 is 0. The van der Waals surface area contributed by atoms with Crippen LogP contribution in [0.5, 0.6) is 0 Å². The van der Waals surface area contributed by atoms with E-state index in [4.69, 9.17) is 0 Å². The van der Waals surface area contributed by atoms with Crippen LogP contribution < -0.4 is 5.32 Å². The summed E-state index contributed by atoms with van der Waals surface area (Å²) in [5.74, 6) is 0. The Hall–Kier alpha value is -0.810. The molecule has 0 amide bonds. The van der Waals surface area contributed by atoms with Crippen LogP contribution in [0.25, 0.3) is 0 Å². The molecule has 1 fully saturated rings. The molecule has 1 saturated heterocycles. The summed E-state index contributed by atoms with van der Waals surface area (Å²) in [6.07, 6.45) is 4.19. The monoisotopic (exact) mass is 211 g/mol. The average molecular weight is 211 g/mol. The van der Waals surface area contributed by atoms with E-state index in [-0.39, 0.29) is 5.25 Å². The number of rotatable bonds is 2. The van der Waals surface area contributed by atoms with Crippen LogP contribution >= 0.6 is 0 Å². The number of aromatic nitrogens is 2. The summed E-state index contributed by atoms with van der Waals surface area (Å²) in [6.45, 7) is 3.63. The third-order valence-electron chi connectivity index (χ3n) is 2.34. The second-order valence-corrected chi connectivity index (χ2v) is 5.01. The highest BCUT2D eigenvalue weighted by Crippen LogP contribution is 2.15. The van der Waals surface area contributed by atoms with Crippen molar-refractivity contribution in [2.24, 2.45) is 0 Å². The van der Waals surface area contributed by atoms with Gasteiger partial charge in [-0.3, -0.25) is 9.19 Å². The fourth-order valence-corrected chi connectivity index (χ4v) is 2.99. The van der Waals surface area contributed by atoms with Gasteiger partial charge >= 0.3 is 0 Å². The van der Waals surface area contributed by atoms with Gasteiger partial charge in [0.15, 0.2) is 0 Å². The molecular formula is C9H13N3OS. The Bertz CT molecular complexity index is 350. The molecule has 0 unspecified atom stereocenters. The SMILES string of the molecule is Cc1nccnc1[S@](=O)[C@@H]1CCNC1. The molecule has 5 heteroatoms. The number of nitrogens with zero attached hydrogens (tertiary/aromatic N) is 2. The van der Waals surface area contributed by atoms with Gasteiger partial charge in [-0.15, -0.1) is 0 Å². The summed E-state index contributed by atoms with van der Waals surface area (Å²) in [5.41, 5.74) is 0.776. The molecule has 14 heavy (non-hydrogen) atoms. The van der Waals surface area contributed by atoms with Crippen molar-refractivity contribution in [2.75, 3.05) is 13.1 Å². The highest BCUT2D eigenvalue weighted by molar-refractivity contribution is 7.85. The van der Waals surface area contributed by atoms with Gasteiger partial charge in [0.25, 0.3) is 0 Å². The first-order valence-corrected chi connectivity index (χ1v) is 5.89. The molecule has 0 spiro atoms. The van der Waals surface area contributed by atoms with E-state index in [9.17, 15) is 4.21 Å². The largest absolute Gasteiger partial charge is 0.315 e. The van der Waals surface area contributed by atoms with E-state index in [0.717, 1.165) is 25.2 Å². The Labute approximate surface area is 85.6 Å². The van der Waals surface area contributed by atoms with Gasteiger partial charge < -0.3 is 5.32 Å². The van der Waals surface area contributed by atoms with Gasteiger partial charge in [0.05, 0.1) is 21.7 Å². The van der Waals surface area contributed by atoms with E-state index in [0.29, 0.717) is 5.03 Å². The van der Waals surface area contributed by atoms with Crippen LogP contribution in [-0.4, -0.2) is 32.5 Å². The molecule has 1 aliphatic rings. The third kappa shape index (κ3) is 1.83. The van der Waals surface area contributed by atoms with E-state index in [1.807, 2.05) is 6.92 Å². The Kier molecular flexibility index (Phi) is 2.88. The second kappa shape index (κ2) is 4.14. The quantitative estimate of drug-likeness (QED) is 0.762. The summed E-state index contributed by atoms with van der Waals surface area (Å²) in [5, 5.41) is 4.04. The molecule has 1 aromatic rings. The minimum absolute atomic E-state index is 0.199. The molecule has 76 valence electrons. The zero-order valence-corrected chi connectivity index (χ0v) is 8.88. The lowest BCUT2D eigenvalue weighted by Crippen LogP contribution is -2.20. The molecule has 0 aliphatic carbocycles. The van der Waals surface area contributed by atoms with Gasteiger partial charge in [0.1, 0.15) is 5.03 Å². The van der Waals surface area contributed by atoms with Crippen LogP contribution in [0.1, 0.15) is 12.1 Å². The van der Waals surface area contributed by atoms with Crippen LogP contribution in [0.3, 0.4) is 0 Å². The fraction of sp³-hybridized carbons (Fsp3) is 0.556. The van der Waals surface area contributed by atoms with Crippen LogP contribution in [0.2, 0.25) is 0 Å². The Morgan fingerprint density at radius 1 is 1.50 bits per heavy atom. The van der Waals surface area contributed by atoms with Crippen molar-refractivity contribution >= 4 is 10.8 Å². The fourth-order valence-electron chi connectivity index (χ4n) is 1.56. The molecule has 1 N–H and O–H groups in total. The Morgan fingerprint density at radius 3 is 2.93 bits per heavy atom. The highest BCUT2D eigenvalue weighted by Gasteiger charge is 2.24. The first-order valence-electron chi connectivity index (χ1n) is 4.68. The molecule has 1 aromatic heterocycles. The predicted molar refractivity (Wildman–Crippen MR) is 54.5 cm³/mol. The van der Waals surface area contributed by atoms with Gasteiger partial charge in [0.2, 0.25) is 0 Å². The summed E-state index contributed by atoms with van der Waals surface area (Å²) in [7, 11) is -1.01. The lowest BCUT2D eigenvalue weighted by atomic mass is 10.4. The summed E-state index contributed by atoms with van der Waals surface area (Å²) in [6, 6.07) is 0. The van der Waals surface area contributed by atoms with Gasteiger partial charge in [-0.25, -0.2) is 4.98 Å². The van der Waals surface area contributed by atoms with Crippen LogP contribution in [-0.2, 0) is 10.8 Å². The summed E-state index contributed by atoms with van der Waals surface area (Å²) in [4.78, 5) is 8.23. The van der Waals surface area contributed by atoms with E-state index in [2.05, 4.69) is 15.3 Å². The van der Waals surface area contributed by atoms with Gasteiger partial charge in [-0.05, 0) is 19.9 Å².